The molecule has 1 heterocycles. The van der Waals surface area contributed by atoms with Crippen LogP contribution in [0.5, 0.6) is 0 Å². The topological polar surface area (TPSA) is 15.3 Å². The van der Waals surface area contributed by atoms with Crippen molar-refractivity contribution in [1.82, 2.24) is 10.4 Å². The first-order valence-electron chi connectivity index (χ1n) is 2.71. The van der Waals surface area contributed by atoms with E-state index in [0.717, 1.165) is 13.1 Å². The highest BCUT2D eigenvalue weighted by Crippen LogP contribution is 1.92. The van der Waals surface area contributed by atoms with Crippen molar-refractivity contribution in [3.63, 3.8) is 0 Å². The highest BCUT2D eigenvalue weighted by Gasteiger charge is 2.05. The van der Waals surface area contributed by atoms with Gasteiger partial charge in [0.25, 0.3) is 0 Å². The molecule has 0 aliphatic carbocycles. The van der Waals surface area contributed by atoms with Gasteiger partial charge in [-0.25, -0.2) is 5.01 Å². The molecule has 1 aliphatic heterocycles. The van der Waals surface area contributed by atoms with Crippen LogP contribution in [0.3, 0.4) is 0 Å². The van der Waals surface area contributed by atoms with E-state index in [-0.39, 0.29) is 0 Å². The average molecular weight is 99.2 g/mol. The first-order chi connectivity index (χ1) is 3.43. The third kappa shape index (κ3) is 1.14. The summed E-state index contributed by atoms with van der Waals surface area (Å²) in [7, 11) is 0. The first kappa shape index (κ1) is 5.06. The van der Waals surface area contributed by atoms with E-state index in [9.17, 15) is 0 Å². The molecule has 0 aromatic heterocycles. The quantitative estimate of drug-likeness (QED) is 0.499. The summed E-state index contributed by atoms with van der Waals surface area (Å²) in [6.45, 7) is 6.92. The lowest BCUT2D eigenvalue weighted by molar-refractivity contribution is 0.281. The SMILES string of the molecule is [CH2]CN1CCCN1. The maximum absolute atomic E-state index is 3.73. The molecule has 41 valence electrons. The van der Waals surface area contributed by atoms with E-state index in [1.165, 1.54) is 13.0 Å². The van der Waals surface area contributed by atoms with Crippen molar-refractivity contribution < 1.29 is 0 Å². The zero-order chi connectivity index (χ0) is 5.11. The van der Waals surface area contributed by atoms with Gasteiger partial charge in [-0.15, -0.1) is 0 Å². The second kappa shape index (κ2) is 2.28. The van der Waals surface area contributed by atoms with Crippen LogP contribution in [0.25, 0.3) is 0 Å². The molecule has 0 aromatic carbocycles. The molecule has 2 heteroatoms. The van der Waals surface area contributed by atoms with Gasteiger partial charge in [0.1, 0.15) is 0 Å². The van der Waals surface area contributed by atoms with E-state index >= 15 is 0 Å². The molecule has 1 saturated heterocycles. The van der Waals surface area contributed by atoms with E-state index in [1.54, 1.807) is 0 Å². The highest BCUT2D eigenvalue weighted by molar-refractivity contribution is 4.61. The molecule has 1 fully saturated rings. The summed E-state index contributed by atoms with van der Waals surface area (Å²) >= 11 is 0. The second-order valence-corrected chi connectivity index (χ2v) is 1.75. The van der Waals surface area contributed by atoms with Crippen LogP contribution >= 0.6 is 0 Å². The maximum Gasteiger partial charge on any atom is 0.0143 e. The van der Waals surface area contributed by atoms with Gasteiger partial charge in [-0.3, -0.25) is 5.43 Å². The Morgan fingerprint density at radius 1 is 1.71 bits per heavy atom. The predicted molar refractivity (Wildman–Crippen MR) is 29.5 cm³/mol. The molecule has 0 unspecified atom stereocenters. The van der Waals surface area contributed by atoms with Crippen molar-refractivity contribution >= 4 is 0 Å². The fourth-order valence-electron chi connectivity index (χ4n) is 0.777. The normalized spacial score (nSPS) is 23.6. The number of nitrogens with zero attached hydrogens (tertiary/aromatic N) is 1. The Labute approximate surface area is 44.5 Å². The summed E-state index contributed by atoms with van der Waals surface area (Å²) < 4.78 is 0. The summed E-state index contributed by atoms with van der Waals surface area (Å²) in [5, 5.41) is 2.12. The monoisotopic (exact) mass is 99.1 g/mol. The van der Waals surface area contributed by atoms with Gasteiger partial charge in [0, 0.05) is 19.6 Å². The Kier molecular flexibility index (Phi) is 1.65. The molecule has 0 aromatic rings. The number of nitrogens with one attached hydrogen (secondary N) is 1. The fourth-order valence-corrected chi connectivity index (χ4v) is 0.777. The van der Waals surface area contributed by atoms with Gasteiger partial charge in [0.05, 0.1) is 0 Å². The summed E-state index contributed by atoms with van der Waals surface area (Å²) in [5.41, 5.74) is 3.18. The lowest BCUT2D eigenvalue weighted by atomic mass is 10.5. The Morgan fingerprint density at radius 3 is 2.86 bits per heavy atom. The van der Waals surface area contributed by atoms with Gasteiger partial charge >= 0.3 is 0 Å². The molecular formula is C5H11N2. The smallest absolute Gasteiger partial charge is 0.0143 e. The second-order valence-electron chi connectivity index (χ2n) is 1.75. The fraction of sp³-hybridized carbons (Fsp3) is 0.800. The molecule has 1 N–H and O–H groups in total. The van der Waals surface area contributed by atoms with Crippen molar-refractivity contribution in [3.05, 3.63) is 6.92 Å². The minimum Gasteiger partial charge on any atom is -0.255 e. The van der Waals surface area contributed by atoms with Crippen molar-refractivity contribution in [2.45, 2.75) is 6.42 Å². The van der Waals surface area contributed by atoms with Crippen molar-refractivity contribution in [1.29, 1.82) is 0 Å². The maximum atomic E-state index is 3.73. The average Bonchev–Trinajstić information content (AvgIpc) is 2.14. The Balaban J connectivity index is 2.14. The standard InChI is InChI=1S/C5H11N2/c1-2-7-5-3-4-6-7/h6H,1-5H2. The van der Waals surface area contributed by atoms with Crippen LogP contribution in [-0.4, -0.2) is 24.6 Å². The minimum absolute atomic E-state index is 0.889. The number of rotatable bonds is 1. The van der Waals surface area contributed by atoms with Gasteiger partial charge in [0.2, 0.25) is 0 Å². The van der Waals surface area contributed by atoms with Crippen LogP contribution in [0.2, 0.25) is 0 Å². The summed E-state index contributed by atoms with van der Waals surface area (Å²) in [4.78, 5) is 0. The van der Waals surface area contributed by atoms with E-state index in [4.69, 9.17) is 0 Å². The molecule has 0 saturated carbocycles. The van der Waals surface area contributed by atoms with Crippen molar-refractivity contribution in [2.75, 3.05) is 19.6 Å². The van der Waals surface area contributed by atoms with Gasteiger partial charge in [-0.2, -0.15) is 0 Å². The van der Waals surface area contributed by atoms with E-state index < -0.39 is 0 Å². The molecule has 1 radical (unpaired) electrons. The molecule has 0 spiro atoms. The van der Waals surface area contributed by atoms with Crippen LogP contribution < -0.4 is 5.43 Å². The Morgan fingerprint density at radius 2 is 2.57 bits per heavy atom. The molecule has 2 nitrogen and oxygen atoms in total. The summed E-state index contributed by atoms with van der Waals surface area (Å²) in [5.74, 6) is 0. The van der Waals surface area contributed by atoms with Crippen LogP contribution in [-0.2, 0) is 0 Å². The highest BCUT2D eigenvalue weighted by atomic mass is 15.5. The number of hydrazine groups is 1. The van der Waals surface area contributed by atoms with Crippen LogP contribution in [0, 0.1) is 6.92 Å². The Hall–Kier alpha value is -0.0800. The van der Waals surface area contributed by atoms with Crippen LogP contribution in [0.4, 0.5) is 0 Å². The molecule has 1 rings (SSSR count). The van der Waals surface area contributed by atoms with E-state index in [1.807, 2.05) is 0 Å². The molecule has 0 atom stereocenters. The number of hydrogen-bond donors (Lipinski definition) is 1. The first-order valence-corrected chi connectivity index (χ1v) is 2.71. The van der Waals surface area contributed by atoms with Crippen molar-refractivity contribution in [2.24, 2.45) is 0 Å². The van der Waals surface area contributed by atoms with Gasteiger partial charge in [-0.1, -0.05) is 0 Å². The third-order valence-corrected chi connectivity index (χ3v) is 1.21. The number of hydrogen-bond acceptors (Lipinski definition) is 2. The summed E-state index contributed by atoms with van der Waals surface area (Å²) in [6.07, 6.45) is 1.27. The lowest BCUT2D eigenvalue weighted by Crippen LogP contribution is -2.30. The third-order valence-electron chi connectivity index (χ3n) is 1.21. The van der Waals surface area contributed by atoms with Gasteiger partial charge < -0.3 is 0 Å². The van der Waals surface area contributed by atoms with E-state index in [0.29, 0.717) is 0 Å². The molecule has 7 heavy (non-hydrogen) atoms. The van der Waals surface area contributed by atoms with E-state index in [2.05, 4.69) is 17.4 Å². The van der Waals surface area contributed by atoms with Crippen LogP contribution in [0.1, 0.15) is 6.42 Å². The molecule has 1 aliphatic rings. The van der Waals surface area contributed by atoms with Gasteiger partial charge in [0.15, 0.2) is 0 Å². The minimum atomic E-state index is 0.889. The zero-order valence-corrected chi connectivity index (χ0v) is 4.48. The molecule has 0 bridgehead atoms. The van der Waals surface area contributed by atoms with Gasteiger partial charge in [-0.05, 0) is 13.3 Å². The van der Waals surface area contributed by atoms with Crippen molar-refractivity contribution in [3.8, 4) is 0 Å². The van der Waals surface area contributed by atoms with Crippen LogP contribution in [0.15, 0.2) is 0 Å². The lowest BCUT2D eigenvalue weighted by Gasteiger charge is -2.09. The predicted octanol–water partition coefficient (Wildman–Crippen LogP) is 0.0308. The largest absolute Gasteiger partial charge is 0.255 e. The Bertz CT molecular complexity index is 48.0. The zero-order valence-electron chi connectivity index (χ0n) is 4.48. The molecular weight excluding hydrogens is 88.1 g/mol. The molecule has 0 amide bonds. The summed E-state index contributed by atoms with van der Waals surface area (Å²) in [6, 6.07) is 0.